The van der Waals surface area contributed by atoms with E-state index in [0.29, 0.717) is 11.5 Å². The van der Waals surface area contributed by atoms with Crippen molar-refractivity contribution in [3.63, 3.8) is 0 Å². The van der Waals surface area contributed by atoms with E-state index in [1.165, 1.54) is 33.4 Å². The fourth-order valence-corrected chi connectivity index (χ4v) is 10.00. The standard InChI is InChI=1S/C54H56N4O4/c1-11-35-29(5)51-49-39-19-15-17-21-45(39)61-27-33-23-48(60-10)34(24-47(33)59-9)28-62-46-22-18-16-20-40(46)50(53-30(6)36(12-2)42(56-53)25-41(35)55-51)54-32(8)38(14-4)44(58-54)26-43-37(13-3)31(7)52(49)57-43/h15-26,55,58H,11-14,27-28H2,1-10H3. The summed E-state index contributed by atoms with van der Waals surface area (Å²) < 4.78 is 25.8. The summed E-state index contributed by atoms with van der Waals surface area (Å²) in [5.74, 6) is 2.86. The number of rotatable bonds is 6. The van der Waals surface area contributed by atoms with Crippen LogP contribution >= 0.6 is 0 Å². The SMILES string of the molecule is CCC1=C(C)c2nc1cc1[nH]c(c(C)c1CC)c1c3nc(cc4[nH]c(c(C)c4CC)c2-c2ccccc2OCc2cc(OC)c(cc2OC)COc2ccccc2-1)C(CC)=C3C. The van der Waals surface area contributed by atoms with Crippen molar-refractivity contribution in [2.24, 2.45) is 0 Å². The molecule has 8 heteroatoms. The van der Waals surface area contributed by atoms with E-state index in [0.717, 1.165) is 127 Å². The predicted octanol–water partition coefficient (Wildman–Crippen LogP) is 13.6. The van der Waals surface area contributed by atoms with Gasteiger partial charge in [-0.1, -0.05) is 64.1 Å². The fraction of sp³-hybridized carbons (Fsp3) is 0.296. The number of H-pyrrole nitrogens is 2. The smallest absolute Gasteiger partial charge is 0.127 e. The Kier molecular flexibility index (Phi) is 10.8. The summed E-state index contributed by atoms with van der Waals surface area (Å²) in [4.78, 5) is 19.2. The number of aryl methyl sites for hydroxylation is 4. The summed E-state index contributed by atoms with van der Waals surface area (Å²) in [6, 6.07) is 25.2. The Hall–Kier alpha value is -6.54. The van der Waals surface area contributed by atoms with E-state index in [4.69, 9.17) is 28.9 Å². The van der Waals surface area contributed by atoms with Gasteiger partial charge in [0.25, 0.3) is 0 Å². The molecular weight excluding hydrogens is 769 g/mol. The highest BCUT2D eigenvalue weighted by atomic mass is 16.5. The van der Waals surface area contributed by atoms with Gasteiger partial charge in [0.15, 0.2) is 0 Å². The van der Waals surface area contributed by atoms with Gasteiger partial charge < -0.3 is 28.9 Å². The Bertz CT molecular complexity index is 2830. The van der Waals surface area contributed by atoms with Crippen LogP contribution in [0.2, 0.25) is 0 Å². The summed E-state index contributed by atoms with van der Waals surface area (Å²) in [5, 5.41) is 0. The third-order valence-electron chi connectivity index (χ3n) is 13.2. The zero-order valence-corrected chi connectivity index (χ0v) is 37.7. The zero-order valence-electron chi connectivity index (χ0n) is 37.7. The van der Waals surface area contributed by atoms with E-state index in [9.17, 15) is 0 Å². The van der Waals surface area contributed by atoms with Gasteiger partial charge >= 0.3 is 0 Å². The number of hydrogen-bond acceptors (Lipinski definition) is 6. The zero-order chi connectivity index (χ0) is 43.4. The van der Waals surface area contributed by atoms with Gasteiger partial charge in [0.05, 0.1) is 48.0 Å². The number of nitrogens with zero attached hydrogens (tertiary/aromatic N) is 2. The summed E-state index contributed by atoms with van der Waals surface area (Å²) in [6.45, 7) is 18.3. The molecule has 0 fully saturated rings. The van der Waals surface area contributed by atoms with E-state index >= 15 is 0 Å². The molecule has 0 spiro atoms. The molecule has 62 heavy (non-hydrogen) atoms. The largest absolute Gasteiger partial charge is 0.496 e. The summed E-state index contributed by atoms with van der Waals surface area (Å²) in [6.07, 6.45) is 3.32. The van der Waals surface area contributed by atoms with Gasteiger partial charge in [-0.2, -0.15) is 0 Å². The summed E-state index contributed by atoms with van der Waals surface area (Å²) in [7, 11) is 3.39. The van der Waals surface area contributed by atoms with Crippen molar-refractivity contribution in [2.45, 2.75) is 94.3 Å². The molecular formula is C54H56N4O4. The highest BCUT2D eigenvalue weighted by molar-refractivity contribution is 6.04. The molecule has 6 aliphatic rings. The Morgan fingerprint density at radius 2 is 0.952 bits per heavy atom. The number of ether oxygens (including phenoxy) is 4. The summed E-state index contributed by atoms with van der Waals surface area (Å²) in [5.41, 5.74) is 23.1. The van der Waals surface area contributed by atoms with Crippen LogP contribution in [-0.4, -0.2) is 34.2 Å². The number of aromatic nitrogens is 4. The highest BCUT2D eigenvalue weighted by Crippen LogP contribution is 2.47. The van der Waals surface area contributed by atoms with Crippen LogP contribution in [0.3, 0.4) is 0 Å². The number of allylic oxidation sites excluding steroid dienone is 4. The Balaban J connectivity index is 1.55. The lowest BCUT2D eigenvalue weighted by Crippen LogP contribution is -2.05. The molecule has 6 aliphatic heterocycles. The number of methoxy groups -OCH3 is 2. The molecule has 3 aromatic carbocycles. The maximum atomic E-state index is 6.89. The van der Waals surface area contributed by atoms with Gasteiger partial charge in [0, 0.05) is 44.4 Å². The number of benzene rings is 3. The second-order valence-corrected chi connectivity index (χ2v) is 16.4. The van der Waals surface area contributed by atoms with Crippen LogP contribution in [0.1, 0.15) is 111 Å². The Morgan fingerprint density at radius 1 is 0.548 bits per heavy atom. The molecule has 12 rings (SSSR count). The molecule has 316 valence electrons. The van der Waals surface area contributed by atoms with Crippen molar-refractivity contribution in [1.82, 2.24) is 19.9 Å². The van der Waals surface area contributed by atoms with Crippen LogP contribution < -0.4 is 18.9 Å². The lowest BCUT2D eigenvalue weighted by molar-refractivity contribution is 0.287. The first-order chi connectivity index (χ1) is 30.1. The molecule has 0 unspecified atom stereocenters. The van der Waals surface area contributed by atoms with Gasteiger partial charge in [-0.25, -0.2) is 9.97 Å². The number of nitrogens with one attached hydrogen (secondary N) is 2. The molecule has 12 bridgehead atoms. The van der Waals surface area contributed by atoms with Crippen molar-refractivity contribution >= 4 is 44.4 Å². The molecule has 9 heterocycles. The molecule has 0 saturated heterocycles. The average molecular weight is 825 g/mol. The Morgan fingerprint density at radius 3 is 1.32 bits per heavy atom. The number of para-hydroxylation sites is 2. The molecule has 6 aromatic rings. The molecule has 3 aromatic heterocycles. The normalized spacial score (nSPS) is 13.6. The predicted molar refractivity (Wildman–Crippen MR) is 254 cm³/mol. The maximum Gasteiger partial charge on any atom is 0.127 e. The lowest BCUT2D eigenvalue weighted by atomic mass is 9.94. The first kappa shape index (κ1) is 40.8. The molecule has 0 amide bonds. The highest BCUT2D eigenvalue weighted by Gasteiger charge is 2.28. The molecule has 0 aliphatic carbocycles. The maximum absolute atomic E-state index is 6.89. The van der Waals surface area contributed by atoms with Crippen molar-refractivity contribution < 1.29 is 18.9 Å². The second-order valence-electron chi connectivity index (χ2n) is 16.4. The van der Waals surface area contributed by atoms with Gasteiger partial charge in [-0.05, 0) is 134 Å². The minimum Gasteiger partial charge on any atom is -0.496 e. The van der Waals surface area contributed by atoms with Crippen molar-refractivity contribution in [1.29, 1.82) is 0 Å². The van der Waals surface area contributed by atoms with Crippen molar-refractivity contribution in [3.8, 4) is 45.3 Å². The monoisotopic (exact) mass is 824 g/mol. The van der Waals surface area contributed by atoms with Crippen molar-refractivity contribution in [2.75, 3.05) is 14.2 Å². The quantitative estimate of drug-likeness (QED) is 0.174. The van der Waals surface area contributed by atoms with Crippen LogP contribution in [-0.2, 0) is 26.1 Å². The van der Waals surface area contributed by atoms with E-state index in [1.54, 1.807) is 14.2 Å². The van der Waals surface area contributed by atoms with Crippen LogP contribution in [0, 0.1) is 13.8 Å². The molecule has 0 saturated carbocycles. The van der Waals surface area contributed by atoms with E-state index < -0.39 is 0 Å². The number of aromatic amines is 2. The first-order valence-corrected chi connectivity index (χ1v) is 22.0. The third-order valence-corrected chi connectivity index (χ3v) is 13.2. The molecule has 0 radical (unpaired) electrons. The van der Waals surface area contributed by atoms with Crippen LogP contribution in [0.4, 0.5) is 0 Å². The van der Waals surface area contributed by atoms with E-state index in [1.807, 2.05) is 24.3 Å². The number of hydrogen-bond donors (Lipinski definition) is 2. The van der Waals surface area contributed by atoms with Gasteiger partial charge in [-0.3, -0.25) is 0 Å². The second kappa shape index (κ2) is 16.4. The van der Waals surface area contributed by atoms with E-state index in [-0.39, 0.29) is 13.2 Å². The van der Waals surface area contributed by atoms with Gasteiger partial charge in [0.1, 0.15) is 36.2 Å². The van der Waals surface area contributed by atoms with Gasteiger partial charge in [-0.15, -0.1) is 0 Å². The molecule has 0 atom stereocenters. The Labute approximate surface area is 364 Å². The van der Waals surface area contributed by atoms with Crippen LogP contribution in [0.5, 0.6) is 23.0 Å². The van der Waals surface area contributed by atoms with Gasteiger partial charge in [0.2, 0.25) is 0 Å². The van der Waals surface area contributed by atoms with Crippen LogP contribution in [0.15, 0.2) is 72.8 Å². The fourth-order valence-electron chi connectivity index (χ4n) is 10.00. The van der Waals surface area contributed by atoms with Crippen molar-refractivity contribution in [3.05, 3.63) is 129 Å². The van der Waals surface area contributed by atoms with Crippen LogP contribution in [0.25, 0.3) is 66.6 Å². The molecule has 2 N–H and O–H groups in total. The topological polar surface area (TPSA) is 94.3 Å². The third kappa shape index (κ3) is 6.59. The van der Waals surface area contributed by atoms with E-state index in [2.05, 4.69) is 114 Å². The minimum atomic E-state index is 0.250. The summed E-state index contributed by atoms with van der Waals surface area (Å²) >= 11 is 0. The molecule has 8 nitrogen and oxygen atoms in total. The average Bonchev–Trinajstić information content (AvgIpc) is 3.98. The lowest BCUT2D eigenvalue weighted by Gasteiger charge is -2.18. The first-order valence-electron chi connectivity index (χ1n) is 22.0. The minimum absolute atomic E-state index is 0.250.